The van der Waals surface area contributed by atoms with E-state index in [1.54, 1.807) is 36.4 Å². The lowest BCUT2D eigenvalue weighted by Gasteiger charge is -2.32. The molecule has 0 aliphatic carbocycles. The minimum atomic E-state index is -1.76. The van der Waals surface area contributed by atoms with Crippen molar-refractivity contribution in [3.63, 3.8) is 0 Å². The van der Waals surface area contributed by atoms with Crippen LogP contribution in [0, 0.1) is 13.8 Å². The van der Waals surface area contributed by atoms with E-state index >= 15 is 0 Å². The van der Waals surface area contributed by atoms with E-state index in [9.17, 15) is 14.4 Å². The lowest BCUT2D eigenvalue weighted by Crippen LogP contribution is -2.53. The van der Waals surface area contributed by atoms with Crippen LogP contribution in [0.25, 0.3) is 11.0 Å². The van der Waals surface area contributed by atoms with Crippen molar-refractivity contribution in [1.29, 1.82) is 0 Å². The van der Waals surface area contributed by atoms with Crippen LogP contribution in [0.4, 0.5) is 10.8 Å². The fourth-order valence-electron chi connectivity index (χ4n) is 5.00. The van der Waals surface area contributed by atoms with E-state index in [0.717, 1.165) is 10.6 Å². The molecule has 2 aromatic heterocycles. The van der Waals surface area contributed by atoms with Crippen molar-refractivity contribution in [2.24, 2.45) is 0 Å². The predicted octanol–water partition coefficient (Wildman–Crippen LogP) is 4.96. The molecule has 0 N–H and O–H groups in total. The second-order valence-electron chi connectivity index (χ2n) is 8.49. The molecule has 0 bridgehead atoms. The Morgan fingerprint density at radius 3 is 2.66 bits per heavy atom. The zero-order valence-electron chi connectivity index (χ0n) is 18.8. The third-order valence-electron chi connectivity index (χ3n) is 6.61. The fourth-order valence-corrected chi connectivity index (χ4v) is 6.13. The van der Waals surface area contributed by atoms with Gasteiger partial charge in [0.05, 0.1) is 22.3 Å². The first-order chi connectivity index (χ1) is 16.8. The van der Waals surface area contributed by atoms with E-state index < -0.39 is 22.8 Å². The smallest absolute Gasteiger partial charge is 0.297 e. The number of aryl methyl sites for hydroxylation is 2. The maximum Gasteiger partial charge on any atom is 0.297 e. The van der Waals surface area contributed by atoms with Crippen molar-refractivity contribution in [2.45, 2.75) is 19.4 Å². The minimum Gasteiger partial charge on any atom is -0.450 e. The Morgan fingerprint density at radius 1 is 1.17 bits per heavy atom. The van der Waals surface area contributed by atoms with Crippen LogP contribution in [0.3, 0.4) is 0 Å². The van der Waals surface area contributed by atoms with E-state index in [0.29, 0.717) is 21.4 Å². The third kappa shape index (κ3) is 2.66. The topological polar surface area (TPSA) is 83.7 Å². The lowest BCUT2D eigenvalue weighted by molar-refractivity contribution is -0.121. The summed E-state index contributed by atoms with van der Waals surface area (Å²) in [5.74, 6) is -1.20. The van der Waals surface area contributed by atoms with Gasteiger partial charge in [0.15, 0.2) is 16.1 Å². The largest absolute Gasteiger partial charge is 0.450 e. The molecule has 1 spiro atoms. The second kappa shape index (κ2) is 7.37. The van der Waals surface area contributed by atoms with E-state index in [4.69, 9.17) is 16.0 Å². The highest BCUT2D eigenvalue weighted by molar-refractivity contribution is 7.16. The first kappa shape index (κ1) is 21.8. The summed E-state index contributed by atoms with van der Waals surface area (Å²) >= 11 is 7.48. The molecule has 4 aromatic rings. The summed E-state index contributed by atoms with van der Waals surface area (Å²) in [6.45, 7) is 7.72. The van der Waals surface area contributed by atoms with Crippen molar-refractivity contribution in [3.05, 3.63) is 97.8 Å². The average Bonchev–Trinajstić information content (AvgIpc) is 3.39. The summed E-state index contributed by atoms with van der Waals surface area (Å²) in [5.41, 5.74) is -0.199. The second-order valence-corrected chi connectivity index (χ2v) is 10.1. The van der Waals surface area contributed by atoms with Gasteiger partial charge < -0.3 is 9.32 Å². The van der Waals surface area contributed by atoms with Gasteiger partial charge in [-0.05, 0) is 38.1 Å². The van der Waals surface area contributed by atoms with Gasteiger partial charge in [0.25, 0.3) is 11.8 Å². The summed E-state index contributed by atoms with van der Waals surface area (Å²) in [6, 6.07) is 11.8. The quantitative estimate of drug-likeness (QED) is 0.369. The number of carbonyl (C=O) groups is 2. The molecule has 1 atom stereocenters. The zero-order chi connectivity index (χ0) is 24.6. The van der Waals surface area contributed by atoms with Crippen LogP contribution in [0.1, 0.15) is 32.3 Å². The fraction of sp³-hybridized carbons (Fsp3) is 0.154. The molecule has 2 aliphatic heterocycles. The molecule has 6 rings (SSSR count). The van der Waals surface area contributed by atoms with Crippen molar-refractivity contribution < 1.29 is 14.0 Å². The average molecular weight is 504 g/mol. The normalized spacial score (nSPS) is 18.6. The molecule has 0 saturated carbocycles. The van der Waals surface area contributed by atoms with Gasteiger partial charge in [-0.3, -0.25) is 19.3 Å². The number of hydrogen-bond acceptors (Lipinski definition) is 6. The zero-order valence-corrected chi connectivity index (χ0v) is 20.4. The molecule has 0 fully saturated rings. The van der Waals surface area contributed by atoms with Gasteiger partial charge in [-0.15, -0.1) is 17.9 Å². The first-order valence-corrected chi connectivity index (χ1v) is 12.1. The van der Waals surface area contributed by atoms with Crippen LogP contribution in [-0.4, -0.2) is 23.3 Å². The summed E-state index contributed by atoms with van der Waals surface area (Å²) in [6.07, 6.45) is 1.61. The van der Waals surface area contributed by atoms with Crippen LogP contribution in [0.5, 0.6) is 0 Å². The molecular weight excluding hydrogens is 486 g/mol. The molecule has 2 amide bonds. The number of anilines is 2. The number of benzene rings is 2. The molecule has 35 heavy (non-hydrogen) atoms. The van der Waals surface area contributed by atoms with E-state index in [-0.39, 0.29) is 28.8 Å². The Balaban J connectivity index is 1.79. The number of halogens is 1. The molecule has 4 heterocycles. The molecule has 2 aromatic carbocycles. The molecular formula is C26H18ClN3O4S. The van der Waals surface area contributed by atoms with Gasteiger partial charge in [-0.25, -0.2) is 4.98 Å². The third-order valence-corrected chi connectivity index (χ3v) is 7.90. The van der Waals surface area contributed by atoms with Gasteiger partial charge in [0, 0.05) is 22.0 Å². The Labute approximate surface area is 208 Å². The van der Waals surface area contributed by atoms with Gasteiger partial charge >= 0.3 is 0 Å². The van der Waals surface area contributed by atoms with E-state index in [2.05, 4.69) is 11.6 Å². The number of thiazole rings is 1. The van der Waals surface area contributed by atoms with Crippen molar-refractivity contribution in [3.8, 4) is 0 Å². The molecule has 9 heteroatoms. The summed E-state index contributed by atoms with van der Waals surface area (Å²) < 4.78 is 6.02. The number of carbonyl (C=O) groups excluding carboxylic acids is 2. The van der Waals surface area contributed by atoms with Crippen LogP contribution in [0.15, 0.2) is 64.3 Å². The molecule has 2 aliphatic rings. The van der Waals surface area contributed by atoms with Crippen LogP contribution < -0.4 is 15.2 Å². The monoisotopic (exact) mass is 503 g/mol. The van der Waals surface area contributed by atoms with Crippen LogP contribution in [-0.2, 0) is 10.3 Å². The summed E-state index contributed by atoms with van der Waals surface area (Å²) in [7, 11) is 0. The number of hydrogen-bond donors (Lipinski definition) is 0. The maximum absolute atomic E-state index is 14.4. The Kier molecular flexibility index (Phi) is 4.58. The van der Waals surface area contributed by atoms with Gasteiger partial charge in [0.1, 0.15) is 5.58 Å². The number of rotatable bonds is 3. The summed E-state index contributed by atoms with van der Waals surface area (Å²) in [4.78, 5) is 50.8. The molecule has 7 nitrogen and oxygen atoms in total. The Morgan fingerprint density at radius 2 is 1.94 bits per heavy atom. The number of para-hydroxylation sites is 1. The van der Waals surface area contributed by atoms with E-state index in [1.807, 2.05) is 19.9 Å². The van der Waals surface area contributed by atoms with Crippen molar-refractivity contribution >= 4 is 56.5 Å². The van der Waals surface area contributed by atoms with Crippen LogP contribution >= 0.6 is 22.9 Å². The highest BCUT2D eigenvalue weighted by atomic mass is 35.5. The van der Waals surface area contributed by atoms with Gasteiger partial charge in [-0.1, -0.05) is 35.9 Å². The minimum absolute atomic E-state index is 0.0215. The Hall–Kier alpha value is -3.75. The van der Waals surface area contributed by atoms with Crippen molar-refractivity contribution in [1.82, 2.24) is 4.98 Å². The van der Waals surface area contributed by atoms with E-state index in [1.165, 1.54) is 27.2 Å². The standard InChI is InChI=1S/C26H18ClN3O4S/c1-4-11-29-18-8-6-5-7-17(18)26(24(29)33)20-21(31)16-12-15(27)9-10-19(16)34-22(20)23(32)30(26)25-28-13(2)14(3)35-25/h4-10,12H,1,11H2,2-3H3. The maximum atomic E-state index is 14.4. The highest BCUT2D eigenvalue weighted by Gasteiger charge is 2.66. The first-order valence-electron chi connectivity index (χ1n) is 10.9. The van der Waals surface area contributed by atoms with Gasteiger partial charge in [0.2, 0.25) is 5.76 Å². The predicted molar refractivity (Wildman–Crippen MR) is 136 cm³/mol. The summed E-state index contributed by atoms with van der Waals surface area (Å²) in [5, 5.41) is 0.864. The molecule has 1 unspecified atom stereocenters. The number of amides is 2. The number of aromatic nitrogens is 1. The Bertz CT molecular complexity index is 1650. The molecule has 0 saturated heterocycles. The van der Waals surface area contributed by atoms with Crippen molar-refractivity contribution in [2.75, 3.05) is 16.3 Å². The van der Waals surface area contributed by atoms with Gasteiger partial charge in [-0.2, -0.15) is 0 Å². The molecule has 0 radical (unpaired) electrons. The lowest BCUT2D eigenvalue weighted by atomic mass is 9.84. The number of fused-ring (bicyclic) bond motifs is 5. The molecule has 174 valence electrons. The number of nitrogens with zero attached hydrogens (tertiary/aromatic N) is 3. The highest BCUT2D eigenvalue weighted by Crippen LogP contribution is 2.54. The SMILES string of the molecule is C=CCN1C(=O)C2(c3ccccc31)c1c(oc3ccc(Cl)cc3c1=O)C(=O)N2c1nc(C)c(C)s1. The van der Waals surface area contributed by atoms with Crippen LogP contribution in [0.2, 0.25) is 5.02 Å².